The Morgan fingerprint density at radius 1 is 1.06 bits per heavy atom. The van der Waals surface area contributed by atoms with Crippen molar-refractivity contribution in [2.45, 2.75) is 45.1 Å². The number of para-hydroxylation sites is 1. The molecular formula is C23H28N4O3S. The maximum Gasteiger partial charge on any atom is 0.243 e. The quantitative estimate of drug-likeness (QED) is 0.607. The lowest BCUT2D eigenvalue weighted by Crippen LogP contribution is -2.33. The highest BCUT2D eigenvalue weighted by Gasteiger charge is 2.23. The van der Waals surface area contributed by atoms with E-state index in [0.29, 0.717) is 5.69 Å². The summed E-state index contributed by atoms with van der Waals surface area (Å²) in [5.74, 6) is -0.186. The van der Waals surface area contributed by atoms with E-state index in [1.807, 2.05) is 62.7 Å². The van der Waals surface area contributed by atoms with Gasteiger partial charge in [-0.3, -0.25) is 4.79 Å². The molecule has 0 aliphatic carbocycles. The first-order valence-electron chi connectivity index (χ1n) is 10.1. The number of amides is 1. The summed E-state index contributed by atoms with van der Waals surface area (Å²) in [5, 5.41) is 7.42. The zero-order valence-corrected chi connectivity index (χ0v) is 19.3. The molecule has 0 saturated heterocycles. The molecule has 0 radical (unpaired) electrons. The van der Waals surface area contributed by atoms with Crippen LogP contribution < -0.4 is 5.32 Å². The van der Waals surface area contributed by atoms with E-state index in [2.05, 4.69) is 10.4 Å². The second-order valence-electron chi connectivity index (χ2n) is 7.76. The molecule has 8 heteroatoms. The Morgan fingerprint density at radius 3 is 2.26 bits per heavy atom. The molecule has 164 valence electrons. The summed E-state index contributed by atoms with van der Waals surface area (Å²) in [7, 11) is -2.01. The second-order valence-corrected chi connectivity index (χ2v) is 9.76. The summed E-state index contributed by atoms with van der Waals surface area (Å²) in [4.78, 5) is 12.8. The number of hydrogen-bond acceptors (Lipinski definition) is 4. The zero-order chi connectivity index (χ0) is 22.8. The van der Waals surface area contributed by atoms with Crippen LogP contribution in [0.1, 0.15) is 30.8 Å². The van der Waals surface area contributed by atoms with Gasteiger partial charge in [-0.2, -0.15) is 9.40 Å². The highest BCUT2D eigenvalue weighted by molar-refractivity contribution is 7.89. The third-order valence-electron chi connectivity index (χ3n) is 5.32. The molecule has 1 heterocycles. The molecular weight excluding hydrogens is 412 g/mol. The monoisotopic (exact) mass is 440 g/mol. The van der Waals surface area contributed by atoms with Crippen LogP contribution in [0.4, 0.5) is 5.69 Å². The van der Waals surface area contributed by atoms with Gasteiger partial charge < -0.3 is 5.32 Å². The van der Waals surface area contributed by atoms with Gasteiger partial charge in [-0.1, -0.05) is 18.2 Å². The van der Waals surface area contributed by atoms with Crippen LogP contribution in [0.2, 0.25) is 0 Å². The minimum absolute atomic E-state index is 0.146. The SMILES string of the molecule is Cc1nn(-c2ccccc2)c(C)c1CC(=O)Nc1ccc(S(=O)(=O)N(C)C(C)C)cc1. The lowest BCUT2D eigenvalue weighted by Gasteiger charge is -2.21. The number of nitrogens with one attached hydrogen (secondary N) is 1. The van der Waals surface area contributed by atoms with Crippen molar-refractivity contribution >= 4 is 21.6 Å². The third-order valence-corrected chi connectivity index (χ3v) is 7.37. The molecule has 0 aliphatic rings. The highest BCUT2D eigenvalue weighted by atomic mass is 32.2. The number of hydrogen-bond donors (Lipinski definition) is 1. The Hall–Kier alpha value is -2.97. The van der Waals surface area contributed by atoms with Gasteiger partial charge in [0.2, 0.25) is 15.9 Å². The van der Waals surface area contributed by atoms with E-state index in [4.69, 9.17) is 0 Å². The Kier molecular flexibility index (Phi) is 6.62. The predicted octanol–water partition coefficient (Wildman–Crippen LogP) is 3.70. The number of rotatable bonds is 7. The van der Waals surface area contributed by atoms with Crippen molar-refractivity contribution in [1.82, 2.24) is 14.1 Å². The van der Waals surface area contributed by atoms with Crippen LogP contribution in [0.25, 0.3) is 5.69 Å². The minimum Gasteiger partial charge on any atom is -0.326 e. The molecule has 0 aliphatic heterocycles. The maximum absolute atomic E-state index is 12.6. The molecule has 0 unspecified atom stereocenters. The normalized spacial score (nSPS) is 11.8. The molecule has 0 atom stereocenters. The van der Waals surface area contributed by atoms with Gasteiger partial charge in [0.15, 0.2) is 0 Å². The van der Waals surface area contributed by atoms with E-state index >= 15 is 0 Å². The van der Waals surface area contributed by atoms with Crippen LogP contribution in [0.3, 0.4) is 0 Å². The molecule has 3 rings (SSSR count). The Labute approximate surface area is 183 Å². The van der Waals surface area contributed by atoms with E-state index in [1.165, 1.54) is 16.4 Å². The fourth-order valence-corrected chi connectivity index (χ4v) is 4.64. The van der Waals surface area contributed by atoms with Gasteiger partial charge in [0.25, 0.3) is 0 Å². The van der Waals surface area contributed by atoms with Crippen molar-refractivity contribution in [3.63, 3.8) is 0 Å². The molecule has 7 nitrogen and oxygen atoms in total. The van der Waals surface area contributed by atoms with Crippen LogP contribution in [0.5, 0.6) is 0 Å². The van der Waals surface area contributed by atoms with Crippen molar-refractivity contribution in [3.8, 4) is 5.69 Å². The molecule has 0 fully saturated rings. The summed E-state index contributed by atoms with van der Waals surface area (Å²) < 4.78 is 28.3. The van der Waals surface area contributed by atoms with Crippen molar-refractivity contribution in [2.24, 2.45) is 0 Å². The average molecular weight is 441 g/mol. The first-order valence-corrected chi connectivity index (χ1v) is 11.5. The topological polar surface area (TPSA) is 84.3 Å². The van der Waals surface area contributed by atoms with Gasteiger partial charge in [-0.25, -0.2) is 13.1 Å². The Bertz CT molecular complexity index is 1170. The van der Waals surface area contributed by atoms with E-state index in [9.17, 15) is 13.2 Å². The minimum atomic E-state index is -3.56. The zero-order valence-electron chi connectivity index (χ0n) is 18.5. The lowest BCUT2D eigenvalue weighted by molar-refractivity contribution is -0.115. The number of sulfonamides is 1. The lowest BCUT2D eigenvalue weighted by atomic mass is 10.1. The molecule has 0 bridgehead atoms. The number of anilines is 1. The van der Waals surface area contributed by atoms with E-state index in [0.717, 1.165) is 22.6 Å². The maximum atomic E-state index is 12.6. The van der Waals surface area contributed by atoms with E-state index < -0.39 is 10.0 Å². The van der Waals surface area contributed by atoms with Crippen LogP contribution in [-0.4, -0.2) is 41.5 Å². The van der Waals surface area contributed by atoms with Gasteiger partial charge in [0, 0.05) is 30.0 Å². The van der Waals surface area contributed by atoms with E-state index in [-0.39, 0.29) is 23.3 Å². The number of nitrogens with zero attached hydrogens (tertiary/aromatic N) is 3. The van der Waals surface area contributed by atoms with Crippen LogP contribution in [0.15, 0.2) is 59.5 Å². The smallest absolute Gasteiger partial charge is 0.243 e. The number of carbonyl (C=O) groups excluding carboxylic acids is 1. The van der Waals surface area contributed by atoms with Crippen molar-refractivity contribution in [3.05, 3.63) is 71.5 Å². The number of aromatic nitrogens is 2. The summed E-state index contributed by atoms with van der Waals surface area (Å²) in [6.45, 7) is 7.46. The summed E-state index contributed by atoms with van der Waals surface area (Å²) in [5.41, 5.74) is 4.07. The summed E-state index contributed by atoms with van der Waals surface area (Å²) in [6.07, 6.45) is 0.181. The summed E-state index contributed by atoms with van der Waals surface area (Å²) >= 11 is 0. The molecule has 0 spiro atoms. The molecule has 1 amide bonds. The molecule has 3 aromatic rings. The van der Waals surface area contributed by atoms with Crippen molar-refractivity contribution in [1.29, 1.82) is 0 Å². The fourth-order valence-electron chi connectivity index (χ4n) is 3.27. The fraction of sp³-hybridized carbons (Fsp3) is 0.304. The number of aryl methyl sites for hydroxylation is 1. The van der Waals surface area contributed by atoms with Gasteiger partial charge in [-0.05, 0) is 64.1 Å². The molecule has 0 saturated carbocycles. The van der Waals surface area contributed by atoms with Gasteiger partial charge in [-0.15, -0.1) is 0 Å². The van der Waals surface area contributed by atoms with Gasteiger partial charge in [0.05, 0.1) is 22.7 Å². The van der Waals surface area contributed by atoms with Crippen molar-refractivity contribution < 1.29 is 13.2 Å². The Balaban J connectivity index is 1.73. The molecule has 2 aromatic carbocycles. The molecule has 31 heavy (non-hydrogen) atoms. The van der Waals surface area contributed by atoms with E-state index in [1.54, 1.807) is 19.2 Å². The van der Waals surface area contributed by atoms with Crippen LogP contribution >= 0.6 is 0 Å². The van der Waals surface area contributed by atoms with Crippen LogP contribution in [-0.2, 0) is 21.2 Å². The standard InChI is InChI=1S/C23H28N4O3S/c1-16(2)26(5)31(29,30)21-13-11-19(12-14-21)24-23(28)15-22-17(3)25-27(18(22)4)20-9-7-6-8-10-20/h6-14,16H,15H2,1-5H3,(H,24,28). The average Bonchev–Trinajstić information content (AvgIpc) is 3.02. The molecule has 1 N–H and O–H groups in total. The largest absolute Gasteiger partial charge is 0.326 e. The first-order chi connectivity index (χ1) is 14.6. The molecule has 1 aromatic heterocycles. The number of carbonyl (C=O) groups is 1. The Morgan fingerprint density at radius 2 is 1.68 bits per heavy atom. The van der Waals surface area contributed by atoms with Crippen molar-refractivity contribution in [2.75, 3.05) is 12.4 Å². The van der Waals surface area contributed by atoms with Gasteiger partial charge in [0.1, 0.15) is 0 Å². The summed E-state index contributed by atoms with van der Waals surface area (Å²) in [6, 6.07) is 15.8. The predicted molar refractivity (Wildman–Crippen MR) is 122 cm³/mol. The highest BCUT2D eigenvalue weighted by Crippen LogP contribution is 2.21. The van der Waals surface area contributed by atoms with Gasteiger partial charge >= 0.3 is 0 Å². The second kappa shape index (κ2) is 9.03. The third kappa shape index (κ3) is 4.86. The number of benzene rings is 2. The van der Waals surface area contributed by atoms with Crippen LogP contribution in [0, 0.1) is 13.8 Å². The first kappa shape index (κ1) is 22.7.